The Hall–Kier alpha value is -2.48. The first-order chi connectivity index (χ1) is 8.95. The fourth-order valence-electron chi connectivity index (χ4n) is 1.68. The van der Waals surface area contributed by atoms with Crippen LogP contribution >= 0.6 is 0 Å². The second kappa shape index (κ2) is 4.65. The van der Waals surface area contributed by atoms with Gasteiger partial charge in [-0.15, -0.1) is 5.10 Å². The maximum Gasteiger partial charge on any atom is 0.276 e. The van der Waals surface area contributed by atoms with Crippen LogP contribution in [0.3, 0.4) is 0 Å². The summed E-state index contributed by atoms with van der Waals surface area (Å²) in [5.74, 6) is -0.326. The molecule has 0 fully saturated rings. The highest BCUT2D eigenvalue weighted by atomic mass is 16.6. The summed E-state index contributed by atoms with van der Waals surface area (Å²) in [4.78, 5) is 22.2. The van der Waals surface area contributed by atoms with Crippen LogP contribution < -0.4 is 5.73 Å². The maximum atomic E-state index is 12.0. The Kier molecular flexibility index (Phi) is 3.17. The number of nitrogen functional groups attached to an aromatic ring is 1. The van der Waals surface area contributed by atoms with Gasteiger partial charge in [-0.05, 0) is 13.0 Å². The molecule has 2 aromatic rings. The number of hydrogen-bond donors (Lipinski definition) is 1. The van der Waals surface area contributed by atoms with Crippen LogP contribution in [0.25, 0.3) is 10.9 Å². The molecule has 2 N–H and O–H groups in total. The summed E-state index contributed by atoms with van der Waals surface area (Å²) in [6, 6.07) is 4.03. The van der Waals surface area contributed by atoms with E-state index in [4.69, 9.17) is 10.5 Å². The van der Waals surface area contributed by atoms with Crippen molar-refractivity contribution < 1.29 is 14.5 Å². The van der Waals surface area contributed by atoms with E-state index >= 15 is 0 Å². The predicted octanol–water partition coefficient (Wildman–Crippen LogP) is 1.20. The van der Waals surface area contributed by atoms with Crippen LogP contribution in [-0.2, 0) is 4.74 Å². The quantitative estimate of drug-likeness (QED) is 0.658. The van der Waals surface area contributed by atoms with E-state index in [0.717, 1.165) is 4.68 Å². The Morgan fingerprint density at radius 3 is 2.84 bits per heavy atom. The van der Waals surface area contributed by atoms with E-state index in [2.05, 4.69) is 5.10 Å². The summed E-state index contributed by atoms with van der Waals surface area (Å²) >= 11 is 0. The highest BCUT2D eigenvalue weighted by Crippen LogP contribution is 2.25. The van der Waals surface area contributed by atoms with Crippen LogP contribution in [0.4, 0.5) is 11.5 Å². The number of hydrogen-bond acceptors (Lipinski definition) is 6. The van der Waals surface area contributed by atoms with Gasteiger partial charge in [-0.3, -0.25) is 14.9 Å². The van der Waals surface area contributed by atoms with Crippen LogP contribution in [-0.4, -0.2) is 33.8 Å². The number of carbonyl (C=O) groups is 1. The molecule has 100 valence electrons. The third-order valence-corrected chi connectivity index (χ3v) is 2.81. The lowest BCUT2D eigenvalue weighted by Crippen LogP contribution is -2.26. The molecule has 1 aromatic carbocycles. The largest absolute Gasteiger partial charge is 0.382 e. The lowest BCUT2D eigenvalue weighted by molar-refractivity contribution is -0.384. The molecule has 1 atom stereocenters. The van der Waals surface area contributed by atoms with Crippen LogP contribution in [0.5, 0.6) is 0 Å². The van der Waals surface area contributed by atoms with Gasteiger partial charge in [0.25, 0.3) is 11.6 Å². The molecule has 0 spiro atoms. The van der Waals surface area contributed by atoms with Gasteiger partial charge in [-0.1, -0.05) is 0 Å². The van der Waals surface area contributed by atoms with Gasteiger partial charge in [-0.25, -0.2) is 0 Å². The molecule has 0 aliphatic carbocycles. The van der Waals surface area contributed by atoms with Crippen LogP contribution in [0.2, 0.25) is 0 Å². The lowest BCUT2D eigenvalue weighted by Gasteiger charge is -2.08. The second-order valence-electron chi connectivity index (χ2n) is 3.97. The summed E-state index contributed by atoms with van der Waals surface area (Å²) in [6.07, 6.45) is -0.683. The van der Waals surface area contributed by atoms with Crippen molar-refractivity contribution >= 4 is 28.3 Å². The van der Waals surface area contributed by atoms with Gasteiger partial charge in [-0.2, -0.15) is 4.68 Å². The summed E-state index contributed by atoms with van der Waals surface area (Å²) in [6.45, 7) is 1.58. The predicted molar refractivity (Wildman–Crippen MR) is 67.9 cm³/mol. The number of methoxy groups -OCH3 is 1. The lowest BCUT2D eigenvalue weighted by atomic mass is 10.2. The first-order valence-corrected chi connectivity index (χ1v) is 5.45. The number of nitrogens with zero attached hydrogens (tertiary/aromatic N) is 3. The topological polar surface area (TPSA) is 113 Å². The van der Waals surface area contributed by atoms with E-state index in [1.807, 2.05) is 0 Å². The fraction of sp³-hybridized carbons (Fsp3) is 0.273. The number of aromatic nitrogens is 2. The molecule has 1 aromatic heterocycles. The summed E-state index contributed by atoms with van der Waals surface area (Å²) in [7, 11) is 1.41. The molecular weight excluding hydrogens is 252 g/mol. The van der Waals surface area contributed by atoms with Gasteiger partial charge in [0.2, 0.25) is 0 Å². The van der Waals surface area contributed by atoms with Crippen LogP contribution in [0.1, 0.15) is 11.7 Å². The SMILES string of the molecule is CO[C@@H](C)C(=O)n1nc(N)c2cc([N+](=O)[O-])ccc21. The van der Waals surface area contributed by atoms with E-state index in [1.165, 1.54) is 25.3 Å². The minimum Gasteiger partial charge on any atom is -0.382 e. The minimum absolute atomic E-state index is 0.0651. The monoisotopic (exact) mass is 264 g/mol. The third-order valence-electron chi connectivity index (χ3n) is 2.81. The number of fused-ring (bicyclic) bond motifs is 1. The number of rotatable bonds is 3. The zero-order valence-electron chi connectivity index (χ0n) is 10.4. The molecule has 0 bridgehead atoms. The second-order valence-corrected chi connectivity index (χ2v) is 3.97. The van der Waals surface area contributed by atoms with Crippen molar-refractivity contribution in [2.75, 3.05) is 12.8 Å². The van der Waals surface area contributed by atoms with Crippen molar-refractivity contribution in [2.24, 2.45) is 0 Å². The molecule has 8 heteroatoms. The zero-order valence-corrected chi connectivity index (χ0v) is 10.4. The first-order valence-electron chi connectivity index (χ1n) is 5.45. The van der Waals surface area contributed by atoms with Crippen LogP contribution in [0, 0.1) is 10.1 Å². The van der Waals surface area contributed by atoms with Crippen molar-refractivity contribution in [1.29, 1.82) is 0 Å². The molecule has 0 saturated heterocycles. The van der Waals surface area contributed by atoms with E-state index < -0.39 is 16.9 Å². The van der Waals surface area contributed by atoms with Crippen molar-refractivity contribution in [3.05, 3.63) is 28.3 Å². The molecule has 8 nitrogen and oxygen atoms in total. The van der Waals surface area contributed by atoms with Crippen molar-refractivity contribution in [3.63, 3.8) is 0 Å². The van der Waals surface area contributed by atoms with Gasteiger partial charge < -0.3 is 10.5 Å². The summed E-state index contributed by atoms with van der Waals surface area (Å²) in [5, 5.41) is 15.0. The molecule has 0 unspecified atom stereocenters. The van der Waals surface area contributed by atoms with Gasteiger partial charge >= 0.3 is 0 Å². The number of nitro groups is 1. The van der Waals surface area contributed by atoms with E-state index in [9.17, 15) is 14.9 Å². The van der Waals surface area contributed by atoms with Crippen molar-refractivity contribution in [2.45, 2.75) is 13.0 Å². The molecule has 0 amide bonds. The molecule has 0 saturated carbocycles. The van der Waals surface area contributed by atoms with Crippen LogP contribution in [0.15, 0.2) is 18.2 Å². The molecule has 1 heterocycles. The number of nitro benzene ring substituents is 1. The Labute approximate surface area is 107 Å². The normalized spacial score (nSPS) is 12.5. The Bertz CT molecular complexity index is 664. The Morgan fingerprint density at radius 2 is 2.26 bits per heavy atom. The Morgan fingerprint density at radius 1 is 1.58 bits per heavy atom. The number of nitrogens with two attached hydrogens (primary N) is 1. The van der Waals surface area contributed by atoms with Gasteiger partial charge in [0, 0.05) is 19.2 Å². The summed E-state index contributed by atoms with van der Waals surface area (Å²) in [5.41, 5.74) is 5.99. The third kappa shape index (κ3) is 2.13. The molecule has 19 heavy (non-hydrogen) atoms. The highest BCUT2D eigenvalue weighted by Gasteiger charge is 2.21. The average molecular weight is 264 g/mol. The van der Waals surface area contributed by atoms with Crippen molar-refractivity contribution in [3.8, 4) is 0 Å². The highest BCUT2D eigenvalue weighted by molar-refractivity contribution is 5.98. The number of carbonyl (C=O) groups excluding carboxylic acids is 1. The van der Waals surface area contributed by atoms with Gasteiger partial charge in [0.05, 0.1) is 15.8 Å². The van der Waals surface area contributed by atoms with E-state index in [1.54, 1.807) is 6.92 Å². The first kappa shape index (κ1) is 13.0. The van der Waals surface area contributed by atoms with Crippen molar-refractivity contribution in [1.82, 2.24) is 9.78 Å². The fourth-order valence-corrected chi connectivity index (χ4v) is 1.68. The van der Waals surface area contributed by atoms with E-state index in [0.29, 0.717) is 10.9 Å². The smallest absolute Gasteiger partial charge is 0.276 e. The Balaban J connectivity index is 2.60. The molecule has 2 rings (SSSR count). The molecule has 0 aliphatic heterocycles. The number of anilines is 1. The molecular formula is C11H12N4O4. The minimum atomic E-state index is -0.683. The summed E-state index contributed by atoms with van der Waals surface area (Å²) < 4.78 is 6.03. The standard InChI is InChI=1S/C11H12N4O4/c1-6(19-2)11(16)14-9-4-3-7(15(17)18)5-8(9)10(12)13-14/h3-6H,1-2H3,(H2,12,13)/t6-/m0/s1. The van der Waals surface area contributed by atoms with Gasteiger partial charge in [0.15, 0.2) is 5.82 Å². The molecule has 0 aliphatic rings. The number of benzene rings is 1. The van der Waals surface area contributed by atoms with E-state index in [-0.39, 0.29) is 11.5 Å². The molecule has 0 radical (unpaired) electrons. The number of ether oxygens (including phenoxy) is 1. The maximum absolute atomic E-state index is 12.0. The number of non-ortho nitro benzene ring substituents is 1. The zero-order chi connectivity index (χ0) is 14.2. The van der Waals surface area contributed by atoms with Gasteiger partial charge in [0.1, 0.15) is 6.10 Å². The average Bonchev–Trinajstić information content (AvgIpc) is 2.74.